The van der Waals surface area contributed by atoms with E-state index in [2.05, 4.69) is 41.5 Å². The molecule has 0 radical (unpaired) electrons. The lowest BCUT2D eigenvalue weighted by molar-refractivity contribution is -0.252. The minimum Gasteiger partial charge on any atom is -0.453 e. The molecule has 1 saturated heterocycles. The van der Waals surface area contributed by atoms with Crippen LogP contribution in [0.2, 0.25) is 0 Å². The van der Waals surface area contributed by atoms with Crippen LogP contribution in [0.3, 0.4) is 0 Å². The number of esters is 1. The molecular formula is C38H42N2O6. The minimum atomic E-state index is -0.863. The smallest absolute Gasteiger partial charge is 0.303 e. The Hall–Kier alpha value is -4.34. The van der Waals surface area contributed by atoms with Gasteiger partial charge >= 0.3 is 5.97 Å². The Kier molecular flexibility index (Phi) is 11.3. The highest BCUT2D eigenvalue weighted by Crippen LogP contribution is 2.39. The van der Waals surface area contributed by atoms with Crippen molar-refractivity contribution in [3.8, 4) is 11.1 Å². The largest absolute Gasteiger partial charge is 0.453 e. The van der Waals surface area contributed by atoms with Gasteiger partial charge in [0.15, 0.2) is 12.4 Å². The van der Waals surface area contributed by atoms with Gasteiger partial charge in [-0.15, -0.1) is 0 Å². The molecule has 2 N–H and O–H groups in total. The molecule has 1 amide bonds. The molecule has 0 saturated carbocycles. The normalized spacial score (nSPS) is 18.6. The first-order valence-electron chi connectivity index (χ1n) is 15.6. The molecule has 4 aromatic carbocycles. The molecule has 0 aromatic heterocycles. The zero-order valence-corrected chi connectivity index (χ0v) is 26.6. The van der Waals surface area contributed by atoms with Gasteiger partial charge in [0.1, 0.15) is 0 Å². The molecule has 0 bridgehead atoms. The van der Waals surface area contributed by atoms with E-state index in [4.69, 9.17) is 14.2 Å². The van der Waals surface area contributed by atoms with Gasteiger partial charge in [0, 0.05) is 38.5 Å². The van der Waals surface area contributed by atoms with E-state index in [1.54, 1.807) is 6.92 Å². The molecule has 1 heterocycles. The molecule has 46 heavy (non-hydrogen) atoms. The van der Waals surface area contributed by atoms with Gasteiger partial charge in [-0.2, -0.15) is 0 Å². The predicted octanol–water partition coefficient (Wildman–Crippen LogP) is 6.09. The summed E-state index contributed by atoms with van der Waals surface area (Å²) in [5, 5.41) is 12.4. The Morgan fingerprint density at radius 3 is 2.26 bits per heavy atom. The summed E-state index contributed by atoms with van der Waals surface area (Å²) in [6.07, 6.45) is -0.939. The number of likely N-dealkylation sites (N-methyl/N-ethyl adjacent to an activating group) is 1. The molecule has 1 aliphatic heterocycles. The SMILES string of the molecule is CC(=O)OC(C)C(=O)NCc1ccccc1-c1ccc(C2OC(CN(C)Cc3ccccc3)CC(c3ccc(CO)cc3)O2)cc1. The van der Waals surface area contributed by atoms with Crippen molar-refractivity contribution in [1.29, 1.82) is 0 Å². The van der Waals surface area contributed by atoms with Crippen LogP contribution in [0.25, 0.3) is 11.1 Å². The number of hydrogen-bond donors (Lipinski definition) is 2. The van der Waals surface area contributed by atoms with Crippen molar-refractivity contribution in [1.82, 2.24) is 10.2 Å². The number of amides is 1. The Morgan fingerprint density at radius 1 is 0.891 bits per heavy atom. The van der Waals surface area contributed by atoms with Crippen LogP contribution in [-0.4, -0.2) is 47.7 Å². The topological polar surface area (TPSA) is 97.3 Å². The van der Waals surface area contributed by atoms with Crippen molar-refractivity contribution in [3.05, 3.63) is 131 Å². The molecule has 4 atom stereocenters. The van der Waals surface area contributed by atoms with Crippen molar-refractivity contribution in [2.45, 2.75) is 64.6 Å². The van der Waals surface area contributed by atoms with Gasteiger partial charge in [0.2, 0.25) is 0 Å². The molecule has 0 aliphatic carbocycles. The van der Waals surface area contributed by atoms with Crippen LogP contribution in [0.4, 0.5) is 0 Å². The highest BCUT2D eigenvalue weighted by atomic mass is 16.7. The van der Waals surface area contributed by atoms with Crippen LogP contribution < -0.4 is 5.32 Å². The summed E-state index contributed by atoms with van der Waals surface area (Å²) in [6, 6.07) is 34.3. The van der Waals surface area contributed by atoms with Crippen LogP contribution in [0.15, 0.2) is 103 Å². The lowest BCUT2D eigenvalue weighted by atomic mass is 9.97. The minimum absolute atomic E-state index is 0.000301. The molecule has 0 spiro atoms. The molecule has 5 rings (SSSR count). The Bertz CT molecular complexity index is 1580. The summed E-state index contributed by atoms with van der Waals surface area (Å²) in [7, 11) is 2.11. The van der Waals surface area contributed by atoms with Crippen LogP contribution in [0, 0.1) is 0 Å². The van der Waals surface area contributed by atoms with Crippen LogP contribution in [-0.2, 0) is 43.5 Å². The maximum Gasteiger partial charge on any atom is 0.303 e. The average molecular weight is 623 g/mol. The summed E-state index contributed by atoms with van der Waals surface area (Å²) in [6.45, 7) is 4.70. The van der Waals surface area contributed by atoms with Gasteiger partial charge in [0.25, 0.3) is 5.91 Å². The van der Waals surface area contributed by atoms with Crippen LogP contribution in [0.1, 0.15) is 60.5 Å². The van der Waals surface area contributed by atoms with E-state index in [1.807, 2.05) is 78.9 Å². The van der Waals surface area contributed by atoms with Gasteiger partial charge in [-0.05, 0) is 47.4 Å². The number of aliphatic hydroxyl groups excluding tert-OH is 1. The zero-order valence-electron chi connectivity index (χ0n) is 26.6. The maximum absolute atomic E-state index is 12.4. The first-order chi connectivity index (χ1) is 22.3. The summed E-state index contributed by atoms with van der Waals surface area (Å²) >= 11 is 0. The summed E-state index contributed by atoms with van der Waals surface area (Å²) < 4.78 is 18.1. The standard InChI is InChI=1S/C38H42N2O6/c1-26(44-27(2)42)37(43)39-22-33-11-7-8-12-35(33)30-17-19-32(20-18-30)38-45-34(24-40(3)23-28-9-5-4-6-10-28)21-36(46-38)31-15-13-29(25-41)14-16-31/h4-20,26,34,36,38,41H,21-25H2,1-3H3,(H,39,43). The lowest BCUT2D eigenvalue weighted by Gasteiger charge is -2.38. The fourth-order valence-electron chi connectivity index (χ4n) is 5.74. The summed E-state index contributed by atoms with van der Waals surface area (Å²) in [4.78, 5) is 25.9. The second-order valence-corrected chi connectivity index (χ2v) is 11.8. The van der Waals surface area contributed by atoms with Crippen molar-refractivity contribution < 1.29 is 28.9 Å². The molecule has 1 aliphatic rings. The maximum atomic E-state index is 12.4. The fraction of sp³-hybridized carbons (Fsp3) is 0.316. The average Bonchev–Trinajstić information content (AvgIpc) is 3.07. The molecule has 240 valence electrons. The summed E-state index contributed by atoms with van der Waals surface area (Å²) in [5.41, 5.74) is 7.00. The third-order valence-corrected chi connectivity index (χ3v) is 8.10. The Balaban J connectivity index is 1.31. The number of benzene rings is 4. The van der Waals surface area contributed by atoms with Crippen molar-refractivity contribution in [2.75, 3.05) is 13.6 Å². The number of carbonyl (C=O) groups is 2. The van der Waals surface area contributed by atoms with E-state index < -0.39 is 18.4 Å². The second-order valence-electron chi connectivity index (χ2n) is 11.8. The number of ether oxygens (including phenoxy) is 3. The summed E-state index contributed by atoms with van der Waals surface area (Å²) in [5.74, 6) is -0.845. The van der Waals surface area contributed by atoms with Gasteiger partial charge in [-0.25, -0.2) is 0 Å². The first-order valence-corrected chi connectivity index (χ1v) is 15.6. The highest BCUT2D eigenvalue weighted by Gasteiger charge is 2.33. The molecular weight excluding hydrogens is 580 g/mol. The zero-order chi connectivity index (χ0) is 32.5. The van der Waals surface area contributed by atoms with Crippen LogP contribution in [0.5, 0.6) is 0 Å². The Morgan fingerprint density at radius 2 is 1.57 bits per heavy atom. The number of nitrogens with zero attached hydrogens (tertiary/aromatic N) is 1. The van der Waals surface area contributed by atoms with E-state index in [9.17, 15) is 14.7 Å². The third-order valence-electron chi connectivity index (χ3n) is 8.10. The Labute approximate surface area is 270 Å². The monoisotopic (exact) mass is 622 g/mol. The number of hydrogen-bond acceptors (Lipinski definition) is 7. The molecule has 8 nitrogen and oxygen atoms in total. The van der Waals surface area contributed by atoms with Gasteiger partial charge in [0.05, 0.1) is 18.8 Å². The molecule has 4 unspecified atom stereocenters. The first kappa shape index (κ1) is 33.0. The van der Waals surface area contributed by atoms with Gasteiger partial charge in [-0.3, -0.25) is 14.5 Å². The number of carbonyl (C=O) groups excluding carboxylic acids is 2. The van der Waals surface area contributed by atoms with E-state index in [1.165, 1.54) is 12.5 Å². The number of aliphatic hydroxyl groups is 1. The second kappa shape index (κ2) is 15.8. The van der Waals surface area contributed by atoms with Crippen molar-refractivity contribution in [2.24, 2.45) is 0 Å². The number of nitrogens with one attached hydrogen (secondary N) is 1. The van der Waals surface area contributed by atoms with Crippen LogP contribution >= 0.6 is 0 Å². The van der Waals surface area contributed by atoms with E-state index >= 15 is 0 Å². The quantitative estimate of drug-likeness (QED) is 0.185. The fourth-order valence-corrected chi connectivity index (χ4v) is 5.74. The number of rotatable bonds is 12. The van der Waals surface area contributed by atoms with Gasteiger partial charge in [-0.1, -0.05) is 103 Å². The molecule has 4 aromatic rings. The van der Waals surface area contributed by atoms with Gasteiger partial charge < -0.3 is 24.6 Å². The third kappa shape index (κ3) is 8.89. The lowest BCUT2D eigenvalue weighted by Crippen LogP contribution is -2.37. The highest BCUT2D eigenvalue weighted by molar-refractivity contribution is 5.83. The predicted molar refractivity (Wildman–Crippen MR) is 176 cm³/mol. The molecule has 8 heteroatoms. The van der Waals surface area contributed by atoms with E-state index in [0.717, 1.165) is 46.5 Å². The van der Waals surface area contributed by atoms with Crippen molar-refractivity contribution >= 4 is 11.9 Å². The van der Waals surface area contributed by atoms with E-state index in [0.29, 0.717) is 13.0 Å². The molecule has 1 fully saturated rings. The van der Waals surface area contributed by atoms with E-state index in [-0.39, 0.29) is 24.7 Å². The van der Waals surface area contributed by atoms with Crippen molar-refractivity contribution in [3.63, 3.8) is 0 Å².